The monoisotopic (exact) mass is 230 g/mol. The Balaban J connectivity index is 2.52. The lowest BCUT2D eigenvalue weighted by molar-refractivity contribution is -0.139. The molecule has 1 aliphatic carbocycles. The van der Waals surface area contributed by atoms with Crippen molar-refractivity contribution in [1.82, 2.24) is 0 Å². The van der Waals surface area contributed by atoms with E-state index in [4.69, 9.17) is 0 Å². The van der Waals surface area contributed by atoms with Crippen molar-refractivity contribution in [3.05, 3.63) is 0 Å². The van der Waals surface area contributed by atoms with Crippen LogP contribution < -0.4 is 0 Å². The van der Waals surface area contributed by atoms with Crippen LogP contribution in [0.4, 0.5) is 0 Å². The Morgan fingerprint density at radius 3 is 2.47 bits per heavy atom. The molecule has 15 heavy (non-hydrogen) atoms. The van der Waals surface area contributed by atoms with E-state index in [0.29, 0.717) is 5.25 Å². The van der Waals surface area contributed by atoms with E-state index in [1.54, 1.807) is 11.8 Å². The number of hydrogen-bond acceptors (Lipinski definition) is 2. The molecule has 0 spiro atoms. The van der Waals surface area contributed by atoms with E-state index in [9.17, 15) is 9.90 Å². The number of carboxylic acids is 1. The molecule has 1 saturated carbocycles. The SMILES string of the molecule is CCCC(C)(SC1CCCCC1)C(=O)O. The van der Waals surface area contributed by atoms with Gasteiger partial charge in [0.15, 0.2) is 0 Å². The number of aliphatic carboxylic acids is 1. The van der Waals surface area contributed by atoms with E-state index in [0.717, 1.165) is 12.8 Å². The summed E-state index contributed by atoms with van der Waals surface area (Å²) < 4.78 is -0.559. The quantitative estimate of drug-likeness (QED) is 0.782. The Hall–Kier alpha value is -0.180. The molecule has 0 bridgehead atoms. The van der Waals surface area contributed by atoms with Gasteiger partial charge >= 0.3 is 5.97 Å². The zero-order valence-corrected chi connectivity index (χ0v) is 10.6. The highest BCUT2D eigenvalue weighted by Gasteiger charge is 2.35. The molecule has 1 fully saturated rings. The number of hydrogen-bond donors (Lipinski definition) is 1. The molecule has 1 unspecified atom stereocenters. The van der Waals surface area contributed by atoms with Gasteiger partial charge in [-0.1, -0.05) is 32.6 Å². The van der Waals surface area contributed by atoms with E-state index in [-0.39, 0.29) is 0 Å². The van der Waals surface area contributed by atoms with Crippen LogP contribution in [0.25, 0.3) is 0 Å². The molecule has 0 aliphatic heterocycles. The van der Waals surface area contributed by atoms with Crippen LogP contribution in [0.15, 0.2) is 0 Å². The van der Waals surface area contributed by atoms with Crippen LogP contribution in [0, 0.1) is 0 Å². The van der Waals surface area contributed by atoms with Crippen LogP contribution in [0.1, 0.15) is 58.8 Å². The van der Waals surface area contributed by atoms with Gasteiger partial charge in [-0.2, -0.15) is 0 Å². The van der Waals surface area contributed by atoms with Crippen LogP contribution in [0.3, 0.4) is 0 Å². The Labute approximate surface area is 96.8 Å². The summed E-state index contributed by atoms with van der Waals surface area (Å²) in [5, 5.41) is 9.85. The van der Waals surface area contributed by atoms with Crippen molar-refractivity contribution in [2.75, 3.05) is 0 Å². The molecule has 3 heteroatoms. The lowest BCUT2D eigenvalue weighted by atomic mass is 10.0. The Kier molecular flexibility index (Phi) is 4.97. The first-order chi connectivity index (χ1) is 7.08. The number of thioether (sulfide) groups is 1. The van der Waals surface area contributed by atoms with Crippen LogP contribution >= 0.6 is 11.8 Å². The topological polar surface area (TPSA) is 37.3 Å². The van der Waals surface area contributed by atoms with Gasteiger partial charge in [-0.15, -0.1) is 11.8 Å². The largest absolute Gasteiger partial charge is 0.480 e. The van der Waals surface area contributed by atoms with E-state index >= 15 is 0 Å². The van der Waals surface area contributed by atoms with Gasteiger partial charge in [-0.05, 0) is 26.2 Å². The molecular formula is C12H22O2S. The van der Waals surface area contributed by atoms with Gasteiger partial charge in [0.25, 0.3) is 0 Å². The first-order valence-electron chi connectivity index (χ1n) is 5.99. The highest BCUT2D eigenvalue weighted by molar-refractivity contribution is 8.01. The zero-order valence-electron chi connectivity index (χ0n) is 9.79. The van der Waals surface area contributed by atoms with Gasteiger partial charge in [0, 0.05) is 5.25 Å². The fourth-order valence-electron chi connectivity index (χ4n) is 2.24. The summed E-state index contributed by atoms with van der Waals surface area (Å²) in [6.45, 7) is 3.95. The minimum Gasteiger partial charge on any atom is -0.480 e. The maximum Gasteiger partial charge on any atom is 0.319 e. The third kappa shape index (κ3) is 3.71. The lowest BCUT2D eigenvalue weighted by Crippen LogP contribution is -2.34. The number of rotatable bonds is 5. The standard InChI is InChI=1S/C12H22O2S/c1-3-9-12(2,11(13)14)15-10-7-5-4-6-8-10/h10H,3-9H2,1-2H3,(H,13,14). The van der Waals surface area contributed by atoms with Gasteiger partial charge < -0.3 is 5.11 Å². The van der Waals surface area contributed by atoms with Crippen LogP contribution in [-0.2, 0) is 4.79 Å². The molecular weight excluding hydrogens is 208 g/mol. The fourth-order valence-corrected chi connectivity index (χ4v) is 3.97. The van der Waals surface area contributed by atoms with Gasteiger partial charge in [0.05, 0.1) is 0 Å². The molecule has 0 aromatic rings. The Morgan fingerprint density at radius 1 is 1.40 bits per heavy atom. The fraction of sp³-hybridized carbons (Fsp3) is 0.917. The molecule has 1 atom stereocenters. The summed E-state index contributed by atoms with van der Waals surface area (Å²) in [7, 11) is 0. The first kappa shape index (κ1) is 12.9. The minimum absolute atomic E-state index is 0.559. The second-order valence-electron chi connectivity index (χ2n) is 4.66. The second kappa shape index (κ2) is 5.78. The maximum absolute atomic E-state index is 11.3. The average molecular weight is 230 g/mol. The molecule has 88 valence electrons. The number of carboxylic acid groups (broad SMARTS) is 1. The summed E-state index contributed by atoms with van der Waals surface area (Å²) in [4.78, 5) is 11.3. The van der Waals surface area contributed by atoms with Crippen LogP contribution in [0.2, 0.25) is 0 Å². The number of carbonyl (C=O) groups is 1. The zero-order chi connectivity index (χ0) is 11.3. The van der Waals surface area contributed by atoms with Crippen molar-refractivity contribution in [2.45, 2.75) is 68.8 Å². The van der Waals surface area contributed by atoms with E-state index in [1.165, 1.54) is 32.1 Å². The maximum atomic E-state index is 11.3. The van der Waals surface area contributed by atoms with Crippen LogP contribution in [0.5, 0.6) is 0 Å². The molecule has 2 nitrogen and oxygen atoms in total. The summed E-state index contributed by atoms with van der Waals surface area (Å²) >= 11 is 1.70. The third-order valence-corrected chi connectivity index (χ3v) is 4.86. The average Bonchev–Trinajstić information content (AvgIpc) is 2.19. The van der Waals surface area contributed by atoms with E-state index < -0.39 is 10.7 Å². The van der Waals surface area contributed by atoms with Gasteiger partial charge in [-0.3, -0.25) is 4.79 Å². The van der Waals surface area contributed by atoms with Gasteiger partial charge in [0.1, 0.15) is 4.75 Å². The highest BCUT2D eigenvalue weighted by Crippen LogP contribution is 2.39. The minimum atomic E-state index is -0.639. The Morgan fingerprint density at radius 2 is 2.00 bits per heavy atom. The molecule has 1 aliphatic rings. The summed E-state index contributed by atoms with van der Waals surface area (Å²) in [5.41, 5.74) is 0. The summed E-state index contributed by atoms with van der Waals surface area (Å²) in [6.07, 6.45) is 8.02. The molecule has 1 rings (SSSR count). The Bertz CT molecular complexity index is 212. The second-order valence-corrected chi connectivity index (χ2v) is 6.47. The molecule has 0 aromatic carbocycles. The third-order valence-electron chi connectivity index (χ3n) is 3.16. The predicted molar refractivity (Wildman–Crippen MR) is 65.4 cm³/mol. The predicted octanol–water partition coefficient (Wildman–Crippen LogP) is 3.70. The summed E-state index contributed by atoms with van der Waals surface area (Å²) in [5.74, 6) is -0.639. The highest BCUT2D eigenvalue weighted by atomic mass is 32.2. The molecule has 0 aromatic heterocycles. The molecule has 0 radical (unpaired) electrons. The molecule has 0 saturated heterocycles. The van der Waals surface area contributed by atoms with Crippen molar-refractivity contribution in [2.24, 2.45) is 0 Å². The smallest absolute Gasteiger partial charge is 0.319 e. The van der Waals surface area contributed by atoms with E-state index in [1.807, 2.05) is 6.92 Å². The summed E-state index contributed by atoms with van der Waals surface area (Å²) in [6, 6.07) is 0. The molecule has 0 heterocycles. The lowest BCUT2D eigenvalue weighted by Gasteiger charge is -2.31. The normalized spacial score (nSPS) is 22.3. The van der Waals surface area contributed by atoms with Gasteiger partial charge in [0.2, 0.25) is 0 Å². The van der Waals surface area contributed by atoms with Crippen molar-refractivity contribution >= 4 is 17.7 Å². The first-order valence-corrected chi connectivity index (χ1v) is 6.87. The van der Waals surface area contributed by atoms with Crippen molar-refractivity contribution < 1.29 is 9.90 Å². The van der Waals surface area contributed by atoms with E-state index in [2.05, 4.69) is 6.92 Å². The molecule has 0 amide bonds. The van der Waals surface area contributed by atoms with Crippen molar-refractivity contribution in [3.63, 3.8) is 0 Å². The van der Waals surface area contributed by atoms with Gasteiger partial charge in [-0.25, -0.2) is 0 Å². The van der Waals surface area contributed by atoms with Crippen LogP contribution in [-0.4, -0.2) is 21.1 Å². The molecule has 1 N–H and O–H groups in total. The van der Waals surface area contributed by atoms with Crippen molar-refractivity contribution in [3.8, 4) is 0 Å². The van der Waals surface area contributed by atoms with Crippen molar-refractivity contribution in [1.29, 1.82) is 0 Å².